The van der Waals surface area contributed by atoms with Gasteiger partial charge in [0, 0.05) is 6.04 Å². The second kappa shape index (κ2) is 5.64. The number of hydrogen-bond donors (Lipinski definition) is 1. The number of nitrogens with one attached hydrogen (secondary N) is 1. The molecule has 3 unspecified atom stereocenters. The van der Waals surface area contributed by atoms with Gasteiger partial charge < -0.3 is 5.32 Å². The van der Waals surface area contributed by atoms with Crippen molar-refractivity contribution in [1.82, 2.24) is 5.32 Å². The van der Waals surface area contributed by atoms with E-state index in [1.165, 1.54) is 32.1 Å². The minimum absolute atomic E-state index is 0.732. The summed E-state index contributed by atoms with van der Waals surface area (Å²) in [7, 11) is 0. The summed E-state index contributed by atoms with van der Waals surface area (Å²) in [5.41, 5.74) is 0. The Morgan fingerprint density at radius 1 is 1.23 bits per heavy atom. The van der Waals surface area contributed by atoms with Gasteiger partial charge in [0.05, 0.1) is 0 Å². The first-order valence-corrected chi connectivity index (χ1v) is 6.03. The van der Waals surface area contributed by atoms with Crippen LogP contribution in [0.4, 0.5) is 0 Å². The molecular weight excluding hydrogens is 158 g/mol. The van der Waals surface area contributed by atoms with Crippen molar-refractivity contribution in [2.24, 2.45) is 11.8 Å². The summed E-state index contributed by atoms with van der Waals surface area (Å²) >= 11 is 0. The molecule has 1 nitrogen and oxygen atoms in total. The van der Waals surface area contributed by atoms with Crippen LogP contribution in [0.25, 0.3) is 0 Å². The zero-order valence-electron chi connectivity index (χ0n) is 9.47. The minimum atomic E-state index is 0.732. The highest BCUT2D eigenvalue weighted by Crippen LogP contribution is 2.34. The van der Waals surface area contributed by atoms with Crippen LogP contribution in [0, 0.1) is 11.8 Å². The topological polar surface area (TPSA) is 12.0 Å². The van der Waals surface area contributed by atoms with Gasteiger partial charge in [-0.1, -0.05) is 39.5 Å². The van der Waals surface area contributed by atoms with E-state index < -0.39 is 0 Å². The van der Waals surface area contributed by atoms with Gasteiger partial charge in [0.25, 0.3) is 0 Å². The fourth-order valence-corrected chi connectivity index (χ4v) is 2.87. The second-order valence-corrected chi connectivity index (χ2v) is 4.46. The summed E-state index contributed by atoms with van der Waals surface area (Å²) in [5, 5.41) is 3.58. The smallest absolute Gasteiger partial charge is 0.00695 e. The summed E-state index contributed by atoms with van der Waals surface area (Å²) in [6, 6.07) is 0.732. The molecule has 0 aromatic rings. The Kier molecular flexibility index (Phi) is 4.79. The van der Waals surface area contributed by atoms with E-state index in [1.54, 1.807) is 0 Å². The summed E-state index contributed by atoms with van der Waals surface area (Å²) in [6.07, 6.45) is 7.22. The van der Waals surface area contributed by atoms with Crippen molar-refractivity contribution < 1.29 is 0 Å². The van der Waals surface area contributed by atoms with Crippen molar-refractivity contribution in [3.05, 3.63) is 0 Å². The average Bonchev–Trinajstić information content (AvgIpc) is 2.18. The Hall–Kier alpha value is -0.0400. The van der Waals surface area contributed by atoms with E-state index in [0.717, 1.165) is 24.4 Å². The lowest BCUT2D eigenvalue weighted by Crippen LogP contribution is -2.38. The molecule has 0 heterocycles. The first kappa shape index (κ1) is 11.0. The van der Waals surface area contributed by atoms with Crippen LogP contribution in [0.2, 0.25) is 0 Å². The van der Waals surface area contributed by atoms with Crippen molar-refractivity contribution >= 4 is 0 Å². The number of hydrogen-bond acceptors (Lipinski definition) is 1. The Morgan fingerprint density at radius 3 is 2.54 bits per heavy atom. The molecule has 1 rings (SSSR count). The van der Waals surface area contributed by atoms with E-state index in [9.17, 15) is 0 Å². The van der Waals surface area contributed by atoms with Gasteiger partial charge in [-0.2, -0.15) is 0 Å². The summed E-state index contributed by atoms with van der Waals surface area (Å²) in [4.78, 5) is 0. The van der Waals surface area contributed by atoms with Crippen LogP contribution < -0.4 is 5.32 Å². The van der Waals surface area contributed by atoms with Gasteiger partial charge in [-0.15, -0.1) is 0 Å². The van der Waals surface area contributed by atoms with Gasteiger partial charge in [0.2, 0.25) is 0 Å². The van der Waals surface area contributed by atoms with Crippen molar-refractivity contribution in [1.29, 1.82) is 0 Å². The summed E-state index contributed by atoms with van der Waals surface area (Å²) in [6.45, 7) is 8.04. The molecule has 0 bridgehead atoms. The van der Waals surface area contributed by atoms with Crippen LogP contribution >= 0.6 is 0 Å². The third-order valence-corrected chi connectivity index (χ3v) is 3.66. The molecule has 3 atom stereocenters. The molecule has 0 aromatic carbocycles. The highest BCUT2D eigenvalue weighted by Gasteiger charge is 2.27. The molecular formula is C12H25N. The molecule has 1 N–H and O–H groups in total. The predicted octanol–water partition coefficient (Wildman–Crippen LogP) is 3.20. The van der Waals surface area contributed by atoms with Crippen LogP contribution in [0.3, 0.4) is 0 Å². The molecule has 0 spiro atoms. The number of rotatable bonds is 4. The molecule has 0 amide bonds. The zero-order valence-corrected chi connectivity index (χ0v) is 9.47. The van der Waals surface area contributed by atoms with Gasteiger partial charge in [-0.25, -0.2) is 0 Å². The molecule has 1 aliphatic carbocycles. The SMILES string of the molecule is CCNC(C)C1CCCCC1CC. The molecule has 1 aliphatic rings. The van der Waals surface area contributed by atoms with E-state index in [4.69, 9.17) is 0 Å². The predicted molar refractivity (Wildman–Crippen MR) is 58.9 cm³/mol. The molecule has 78 valence electrons. The molecule has 0 saturated heterocycles. The molecule has 0 aliphatic heterocycles. The van der Waals surface area contributed by atoms with E-state index in [1.807, 2.05) is 0 Å². The Balaban J connectivity index is 2.43. The van der Waals surface area contributed by atoms with E-state index in [0.29, 0.717) is 0 Å². The maximum atomic E-state index is 3.58. The molecule has 0 radical (unpaired) electrons. The average molecular weight is 183 g/mol. The maximum Gasteiger partial charge on any atom is 0.00695 e. The summed E-state index contributed by atoms with van der Waals surface area (Å²) in [5.74, 6) is 1.93. The van der Waals surface area contributed by atoms with Crippen molar-refractivity contribution in [3.8, 4) is 0 Å². The fourth-order valence-electron chi connectivity index (χ4n) is 2.87. The second-order valence-electron chi connectivity index (χ2n) is 4.46. The van der Waals surface area contributed by atoms with Crippen LogP contribution in [0.1, 0.15) is 52.9 Å². The normalized spacial score (nSPS) is 31.6. The Morgan fingerprint density at radius 2 is 1.92 bits per heavy atom. The van der Waals surface area contributed by atoms with Crippen LogP contribution in [-0.4, -0.2) is 12.6 Å². The standard InChI is InChI=1S/C12H25N/c1-4-11-8-6-7-9-12(11)10(3)13-5-2/h10-13H,4-9H2,1-3H3. The maximum absolute atomic E-state index is 3.58. The lowest BCUT2D eigenvalue weighted by Gasteiger charge is -2.35. The molecule has 0 aromatic heterocycles. The van der Waals surface area contributed by atoms with Gasteiger partial charge in [0.15, 0.2) is 0 Å². The first-order valence-electron chi connectivity index (χ1n) is 6.03. The fraction of sp³-hybridized carbons (Fsp3) is 1.00. The van der Waals surface area contributed by atoms with Crippen molar-refractivity contribution in [2.45, 2.75) is 58.9 Å². The molecule has 1 fully saturated rings. The summed E-state index contributed by atoms with van der Waals surface area (Å²) < 4.78 is 0. The Bertz CT molecular complexity index is 133. The van der Waals surface area contributed by atoms with Crippen LogP contribution in [0.15, 0.2) is 0 Å². The quantitative estimate of drug-likeness (QED) is 0.706. The minimum Gasteiger partial charge on any atom is -0.314 e. The lowest BCUT2D eigenvalue weighted by molar-refractivity contribution is 0.184. The van der Waals surface area contributed by atoms with Gasteiger partial charge in [-0.05, 0) is 31.7 Å². The third-order valence-electron chi connectivity index (χ3n) is 3.66. The van der Waals surface area contributed by atoms with Crippen LogP contribution in [-0.2, 0) is 0 Å². The molecule has 13 heavy (non-hydrogen) atoms. The zero-order chi connectivity index (χ0) is 9.68. The Labute approximate surface area is 83.3 Å². The van der Waals surface area contributed by atoms with E-state index in [2.05, 4.69) is 26.1 Å². The first-order chi connectivity index (χ1) is 6.29. The molecule has 1 saturated carbocycles. The van der Waals surface area contributed by atoms with E-state index in [-0.39, 0.29) is 0 Å². The highest BCUT2D eigenvalue weighted by atomic mass is 14.9. The van der Waals surface area contributed by atoms with Crippen molar-refractivity contribution in [3.63, 3.8) is 0 Å². The van der Waals surface area contributed by atoms with Gasteiger partial charge in [-0.3, -0.25) is 0 Å². The van der Waals surface area contributed by atoms with Crippen LogP contribution in [0.5, 0.6) is 0 Å². The van der Waals surface area contributed by atoms with Crippen molar-refractivity contribution in [2.75, 3.05) is 6.54 Å². The van der Waals surface area contributed by atoms with E-state index >= 15 is 0 Å². The lowest BCUT2D eigenvalue weighted by atomic mass is 9.74. The van der Waals surface area contributed by atoms with Gasteiger partial charge in [0.1, 0.15) is 0 Å². The largest absolute Gasteiger partial charge is 0.314 e. The third kappa shape index (κ3) is 2.98. The molecule has 1 heteroatoms. The van der Waals surface area contributed by atoms with Gasteiger partial charge >= 0.3 is 0 Å². The highest BCUT2D eigenvalue weighted by molar-refractivity contribution is 4.81. The monoisotopic (exact) mass is 183 g/mol.